The summed E-state index contributed by atoms with van der Waals surface area (Å²) >= 11 is 1.65. The molecule has 5 heteroatoms. The number of hydrogen-bond donors (Lipinski definition) is 1. The molecule has 110 valence electrons. The zero-order valence-corrected chi connectivity index (χ0v) is 12.1. The van der Waals surface area contributed by atoms with E-state index in [1.165, 1.54) is 18.2 Å². The van der Waals surface area contributed by atoms with Crippen molar-refractivity contribution < 1.29 is 13.5 Å². The molecule has 0 aromatic heterocycles. The molecule has 2 aromatic rings. The number of thioether (sulfide) groups is 1. The van der Waals surface area contributed by atoms with Crippen LogP contribution in [0.4, 0.5) is 8.78 Å². The van der Waals surface area contributed by atoms with Gasteiger partial charge in [0.2, 0.25) is 0 Å². The summed E-state index contributed by atoms with van der Waals surface area (Å²) in [6.07, 6.45) is -0.143. The Labute approximate surface area is 126 Å². The second-order valence-electron chi connectivity index (χ2n) is 4.98. The van der Waals surface area contributed by atoms with Crippen LogP contribution in [0.25, 0.3) is 0 Å². The van der Waals surface area contributed by atoms with Gasteiger partial charge in [-0.2, -0.15) is 0 Å². The highest BCUT2D eigenvalue weighted by atomic mass is 32.2. The number of benzene rings is 2. The third kappa shape index (κ3) is 3.04. The summed E-state index contributed by atoms with van der Waals surface area (Å²) in [7, 11) is 0. The van der Waals surface area contributed by atoms with E-state index in [1.807, 2.05) is 24.3 Å². The summed E-state index contributed by atoms with van der Waals surface area (Å²) in [5.74, 6) is 0.334. The average Bonchev–Trinajstić information content (AvgIpc) is 2.50. The second-order valence-corrected chi connectivity index (χ2v) is 6.04. The number of rotatable bonds is 3. The van der Waals surface area contributed by atoms with E-state index in [9.17, 15) is 8.78 Å². The highest BCUT2D eigenvalue weighted by Gasteiger charge is 2.27. The topological polar surface area (TPSA) is 35.2 Å². The second kappa shape index (κ2) is 6.03. The van der Waals surface area contributed by atoms with Gasteiger partial charge in [0.25, 0.3) is 0 Å². The van der Waals surface area contributed by atoms with E-state index >= 15 is 0 Å². The first-order chi connectivity index (χ1) is 10.1. The number of para-hydroxylation sites is 1. The van der Waals surface area contributed by atoms with Crippen LogP contribution in [0.3, 0.4) is 0 Å². The molecule has 0 saturated carbocycles. The number of halogens is 2. The van der Waals surface area contributed by atoms with Gasteiger partial charge in [-0.25, -0.2) is 8.78 Å². The summed E-state index contributed by atoms with van der Waals surface area (Å²) in [6, 6.07) is 11.1. The smallest absolute Gasteiger partial charge is 0.133 e. The molecule has 1 aliphatic rings. The highest BCUT2D eigenvalue weighted by Crippen LogP contribution is 2.35. The van der Waals surface area contributed by atoms with Gasteiger partial charge in [0.1, 0.15) is 23.5 Å². The molecule has 2 aromatic carbocycles. The Morgan fingerprint density at radius 1 is 1.14 bits per heavy atom. The maximum Gasteiger partial charge on any atom is 0.133 e. The Morgan fingerprint density at radius 2 is 1.86 bits per heavy atom. The van der Waals surface area contributed by atoms with Crippen molar-refractivity contribution in [1.82, 2.24) is 0 Å². The van der Waals surface area contributed by atoms with Crippen molar-refractivity contribution in [3.05, 3.63) is 59.7 Å². The zero-order valence-electron chi connectivity index (χ0n) is 11.3. The Morgan fingerprint density at radius 3 is 2.62 bits per heavy atom. The van der Waals surface area contributed by atoms with E-state index in [1.54, 1.807) is 11.8 Å². The molecule has 3 rings (SSSR count). The molecule has 0 aliphatic carbocycles. The third-order valence-electron chi connectivity index (χ3n) is 3.51. The predicted molar refractivity (Wildman–Crippen MR) is 79.6 cm³/mol. The van der Waals surface area contributed by atoms with Gasteiger partial charge >= 0.3 is 0 Å². The number of hydrogen-bond acceptors (Lipinski definition) is 3. The van der Waals surface area contributed by atoms with E-state index in [0.29, 0.717) is 5.75 Å². The van der Waals surface area contributed by atoms with Crippen molar-refractivity contribution in [2.24, 2.45) is 5.73 Å². The lowest BCUT2D eigenvalue weighted by molar-refractivity contribution is 0.183. The summed E-state index contributed by atoms with van der Waals surface area (Å²) in [6.45, 7) is 0. The fourth-order valence-corrected chi connectivity index (χ4v) is 3.43. The molecule has 2 nitrogen and oxygen atoms in total. The normalized spacial score (nSPS) is 18.7. The summed E-state index contributed by atoms with van der Waals surface area (Å²) in [4.78, 5) is 1.07. The molecule has 0 bridgehead atoms. The SMILES string of the molecule is NC(Cc1c(F)cccc1F)C1CSc2ccccc2O1. The van der Waals surface area contributed by atoms with Crippen molar-refractivity contribution in [2.75, 3.05) is 5.75 Å². The number of ether oxygens (including phenoxy) is 1. The molecule has 1 heterocycles. The molecule has 0 radical (unpaired) electrons. The molecule has 0 amide bonds. The summed E-state index contributed by atoms with van der Waals surface area (Å²) in [5, 5.41) is 0. The highest BCUT2D eigenvalue weighted by molar-refractivity contribution is 7.99. The van der Waals surface area contributed by atoms with Crippen LogP contribution in [0.5, 0.6) is 5.75 Å². The molecule has 2 atom stereocenters. The fraction of sp³-hybridized carbons (Fsp3) is 0.250. The Balaban J connectivity index is 1.74. The van der Waals surface area contributed by atoms with Gasteiger partial charge in [-0.05, 0) is 30.7 Å². The van der Waals surface area contributed by atoms with Gasteiger partial charge < -0.3 is 10.5 Å². The molecule has 1 aliphatic heterocycles. The largest absolute Gasteiger partial charge is 0.487 e. The van der Waals surface area contributed by atoms with Gasteiger partial charge in [0, 0.05) is 22.3 Å². The number of fused-ring (bicyclic) bond motifs is 1. The van der Waals surface area contributed by atoms with E-state index in [-0.39, 0.29) is 18.1 Å². The molecule has 0 spiro atoms. The maximum atomic E-state index is 13.7. The van der Waals surface area contributed by atoms with Crippen LogP contribution in [0.1, 0.15) is 5.56 Å². The van der Waals surface area contributed by atoms with Crippen molar-refractivity contribution >= 4 is 11.8 Å². The number of nitrogens with two attached hydrogens (primary N) is 1. The van der Waals surface area contributed by atoms with Crippen molar-refractivity contribution in [2.45, 2.75) is 23.5 Å². The first kappa shape index (κ1) is 14.4. The Bertz CT molecular complexity index is 630. The first-order valence-corrected chi connectivity index (χ1v) is 7.70. The lowest BCUT2D eigenvalue weighted by Crippen LogP contribution is -2.43. The molecule has 2 unspecified atom stereocenters. The van der Waals surface area contributed by atoms with Crippen molar-refractivity contribution in [1.29, 1.82) is 0 Å². The van der Waals surface area contributed by atoms with E-state index in [0.717, 1.165) is 10.6 Å². The van der Waals surface area contributed by atoms with Gasteiger partial charge in [0.15, 0.2) is 0 Å². The quantitative estimate of drug-likeness (QED) is 0.944. The first-order valence-electron chi connectivity index (χ1n) is 6.72. The molecular weight excluding hydrogens is 292 g/mol. The summed E-state index contributed by atoms with van der Waals surface area (Å²) in [5.41, 5.74) is 6.13. The minimum absolute atomic E-state index is 0.0254. The van der Waals surface area contributed by atoms with Crippen LogP contribution in [0.15, 0.2) is 47.4 Å². The van der Waals surface area contributed by atoms with Gasteiger partial charge in [0.05, 0.1) is 0 Å². The lowest BCUT2D eigenvalue weighted by Gasteiger charge is -2.30. The standard InChI is InChI=1S/C16H15F2NOS/c17-11-4-3-5-12(18)10(11)8-13(19)15-9-21-16-7-2-1-6-14(16)20-15/h1-7,13,15H,8-9,19H2. The van der Waals surface area contributed by atoms with Crippen molar-refractivity contribution in [3.63, 3.8) is 0 Å². The fourth-order valence-electron chi connectivity index (χ4n) is 2.34. The van der Waals surface area contributed by atoms with Gasteiger partial charge in [-0.1, -0.05) is 18.2 Å². The van der Waals surface area contributed by atoms with E-state index < -0.39 is 17.7 Å². The van der Waals surface area contributed by atoms with E-state index in [4.69, 9.17) is 10.5 Å². The molecular formula is C16H15F2NOS. The van der Waals surface area contributed by atoms with Crippen LogP contribution < -0.4 is 10.5 Å². The van der Waals surface area contributed by atoms with Crippen LogP contribution in [-0.2, 0) is 6.42 Å². The minimum Gasteiger partial charge on any atom is -0.487 e. The average molecular weight is 307 g/mol. The van der Waals surface area contributed by atoms with Crippen LogP contribution in [-0.4, -0.2) is 17.9 Å². The van der Waals surface area contributed by atoms with Crippen LogP contribution in [0, 0.1) is 11.6 Å². The molecule has 21 heavy (non-hydrogen) atoms. The molecule has 0 fully saturated rings. The Kier molecular flexibility index (Phi) is 4.12. The lowest BCUT2D eigenvalue weighted by atomic mass is 10.0. The predicted octanol–water partition coefficient (Wildman–Crippen LogP) is 3.39. The van der Waals surface area contributed by atoms with Crippen LogP contribution in [0.2, 0.25) is 0 Å². The maximum absolute atomic E-state index is 13.7. The van der Waals surface area contributed by atoms with Crippen LogP contribution >= 0.6 is 11.8 Å². The Hall–Kier alpha value is -1.59. The van der Waals surface area contributed by atoms with Gasteiger partial charge in [-0.15, -0.1) is 11.8 Å². The zero-order chi connectivity index (χ0) is 14.8. The van der Waals surface area contributed by atoms with E-state index in [2.05, 4.69) is 0 Å². The monoisotopic (exact) mass is 307 g/mol. The minimum atomic E-state index is -0.561. The summed E-state index contributed by atoms with van der Waals surface area (Å²) < 4.78 is 33.2. The molecule has 2 N–H and O–H groups in total. The molecule has 0 saturated heterocycles. The van der Waals surface area contributed by atoms with Crippen molar-refractivity contribution in [3.8, 4) is 5.75 Å². The third-order valence-corrected chi connectivity index (χ3v) is 4.65. The van der Waals surface area contributed by atoms with Gasteiger partial charge in [-0.3, -0.25) is 0 Å².